The summed E-state index contributed by atoms with van der Waals surface area (Å²) in [6.45, 7) is 6.44. The fraction of sp³-hybridized carbons (Fsp3) is 0.360. The van der Waals surface area contributed by atoms with E-state index in [0.717, 1.165) is 33.1 Å². The number of nitrogens with zero attached hydrogens (tertiary/aromatic N) is 1. The topological polar surface area (TPSA) is 86.7 Å². The van der Waals surface area contributed by atoms with Crippen LogP contribution in [0, 0.1) is 11.6 Å². The summed E-state index contributed by atoms with van der Waals surface area (Å²) in [7, 11) is 0. The van der Waals surface area contributed by atoms with Crippen molar-refractivity contribution in [1.82, 2.24) is 10.2 Å². The van der Waals surface area contributed by atoms with Crippen LogP contribution in [0.25, 0.3) is 17.2 Å². The van der Waals surface area contributed by atoms with E-state index < -0.39 is 17.6 Å². The minimum absolute atomic E-state index is 0.0305. The molecule has 2 N–H and O–H groups in total. The van der Waals surface area contributed by atoms with Gasteiger partial charge in [-0.15, -0.1) is 11.3 Å². The molecule has 0 spiro atoms. The van der Waals surface area contributed by atoms with Crippen LogP contribution in [-0.4, -0.2) is 45.2 Å². The number of carbonyl (C=O) groups is 3. The molecule has 36 heavy (non-hydrogen) atoms. The number of thiophene rings is 1. The molecule has 2 aromatic rings. The second-order valence-electron chi connectivity index (χ2n) is 9.20. The molecule has 3 rings (SSSR count). The first kappa shape index (κ1) is 27.9. The maximum Gasteiger partial charge on any atom is 0.303 e. The van der Waals surface area contributed by atoms with E-state index in [1.807, 2.05) is 26.8 Å². The Hall–Kier alpha value is -2.63. The van der Waals surface area contributed by atoms with Crippen molar-refractivity contribution < 1.29 is 28.3 Å². The highest BCUT2D eigenvalue weighted by atomic mass is 32.2. The molecule has 0 saturated carbocycles. The Labute approximate surface area is 221 Å². The Morgan fingerprint density at radius 1 is 1.17 bits per heavy atom. The average molecular weight is 553 g/mol. The van der Waals surface area contributed by atoms with Crippen LogP contribution in [0.4, 0.5) is 8.78 Å². The van der Waals surface area contributed by atoms with Crippen LogP contribution in [0.2, 0.25) is 0 Å². The molecule has 0 aliphatic carbocycles. The van der Waals surface area contributed by atoms with Gasteiger partial charge in [-0.1, -0.05) is 50.8 Å². The lowest BCUT2D eigenvalue weighted by molar-refractivity contribution is -0.137. The molecule has 1 fully saturated rings. The number of carboxylic acids is 1. The zero-order valence-electron chi connectivity index (χ0n) is 20.0. The van der Waals surface area contributed by atoms with Crippen molar-refractivity contribution in [2.24, 2.45) is 0 Å². The maximum absolute atomic E-state index is 13.9. The van der Waals surface area contributed by atoms with Crippen molar-refractivity contribution in [3.8, 4) is 11.1 Å². The second kappa shape index (κ2) is 11.6. The van der Waals surface area contributed by atoms with Gasteiger partial charge in [0, 0.05) is 35.7 Å². The smallest absolute Gasteiger partial charge is 0.303 e. The van der Waals surface area contributed by atoms with E-state index in [4.69, 9.17) is 17.3 Å². The summed E-state index contributed by atoms with van der Waals surface area (Å²) in [5.41, 5.74) is 1.05. The molecule has 6 nitrogen and oxygen atoms in total. The van der Waals surface area contributed by atoms with Gasteiger partial charge in [-0.05, 0) is 47.2 Å². The molecule has 1 saturated heterocycles. The lowest BCUT2D eigenvalue weighted by Crippen LogP contribution is -2.33. The van der Waals surface area contributed by atoms with Gasteiger partial charge in [-0.3, -0.25) is 19.3 Å². The molecule has 0 radical (unpaired) electrons. The number of thioether (sulfide) groups is 1. The number of aliphatic carboxylic acids is 1. The average Bonchev–Trinajstić information content (AvgIpc) is 3.33. The lowest BCUT2D eigenvalue weighted by atomic mass is 9.89. The largest absolute Gasteiger partial charge is 0.481 e. The Bertz CT molecular complexity index is 1230. The molecule has 0 unspecified atom stereocenters. The molecule has 1 aliphatic heterocycles. The van der Waals surface area contributed by atoms with E-state index in [2.05, 4.69) is 5.32 Å². The molecule has 1 aromatic carbocycles. The van der Waals surface area contributed by atoms with Gasteiger partial charge in [0.2, 0.25) is 5.91 Å². The summed E-state index contributed by atoms with van der Waals surface area (Å²) < 4.78 is 27.7. The number of thiocarbonyl (C=S) groups is 1. The minimum Gasteiger partial charge on any atom is -0.481 e. The lowest BCUT2D eigenvalue weighted by Gasteiger charge is -2.19. The van der Waals surface area contributed by atoms with Crippen molar-refractivity contribution in [3.05, 3.63) is 50.6 Å². The van der Waals surface area contributed by atoms with Gasteiger partial charge in [-0.2, -0.15) is 0 Å². The van der Waals surface area contributed by atoms with Gasteiger partial charge in [0.05, 0.1) is 4.91 Å². The van der Waals surface area contributed by atoms with Crippen LogP contribution < -0.4 is 5.32 Å². The van der Waals surface area contributed by atoms with E-state index in [9.17, 15) is 23.2 Å². The van der Waals surface area contributed by atoms with E-state index in [1.54, 1.807) is 6.08 Å². The highest BCUT2D eigenvalue weighted by Gasteiger charge is 2.32. The fourth-order valence-corrected chi connectivity index (χ4v) is 6.06. The van der Waals surface area contributed by atoms with E-state index in [1.165, 1.54) is 28.4 Å². The molecule has 2 heterocycles. The molecular weight excluding hydrogens is 526 g/mol. The van der Waals surface area contributed by atoms with Crippen LogP contribution in [0.3, 0.4) is 0 Å². The van der Waals surface area contributed by atoms with Crippen LogP contribution in [-0.2, 0) is 19.8 Å². The number of nitrogens with one attached hydrogen (secondary N) is 1. The van der Waals surface area contributed by atoms with Crippen molar-refractivity contribution in [2.75, 3.05) is 13.1 Å². The maximum atomic E-state index is 13.9. The third-order valence-corrected chi connectivity index (χ3v) is 8.15. The van der Waals surface area contributed by atoms with Crippen LogP contribution in [0.5, 0.6) is 0 Å². The van der Waals surface area contributed by atoms with Crippen molar-refractivity contribution in [2.45, 2.75) is 45.4 Å². The number of amides is 2. The third kappa shape index (κ3) is 6.98. The van der Waals surface area contributed by atoms with Gasteiger partial charge in [0.25, 0.3) is 5.91 Å². The third-order valence-electron chi connectivity index (χ3n) is 5.26. The molecule has 0 bridgehead atoms. The molecule has 11 heteroatoms. The predicted octanol–water partition coefficient (Wildman–Crippen LogP) is 5.56. The Morgan fingerprint density at radius 2 is 1.89 bits per heavy atom. The summed E-state index contributed by atoms with van der Waals surface area (Å²) in [6, 6.07) is 5.66. The van der Waals surface area contributed by atoms with E-state index >= 15 is 0 Å². The molecule has 1 aliphatic rings. The van der Waals surface area contributed by atoms with Crippen molar-refractivity contribution in [3.63, 3.8) is 0 Å². The zero-order valence-corrected chi connectivity index (χ0v) is 22.5. The Balaban J connectivity index is 1.74. The van der Waals surface area contributed by atoms with E-state index in [-0.39, 0.29) is 43.2 Å². The predicted molar refractivity (Wildman–Crippen MR) is 143 cm³/mol. The fourth-order valence-electron chi connectivity index (χ4n) is 3.51. The number of rotatable bonds is 9. The standard InChI is InChI=1S/C25H26F2N2O4S3/c1-25(2,3)22-16(14-6-7-17(26)18(27)11-14)12-15(35-22)13-19-23(33)29(24(34)36-19)10-8-20(30)28-9-4-5-21(31)32/h6-7,11-13H,4-5,8-10H2,1-3H3,(H,28,30)(H,31,32). The summed E-state index contributed by atoms with van der Waals surface area (Å²) in [5, 5.41) is 11.3. The number of carbonyl (C=O) groups excluding carboxylic acids is 2. The van der Waals surface area contributed by atoms with Gasteiger partial charge < -0.3 is 10.4 Å². The number of halogens is 2. The molecule has 2 amide bonds. The summed E-state index contributed by atoms with van der Waals surface area (Å²) in [5.74, 6) is -3.35. The minimum atomic E-state index is -0.925. The highest BCUT2D eigenvalue weighted by molar-refractivity contribution is 8.26. The molecule has 1 aromatic heterocycles. The Kier molecular flexibility index (Phi) is 9.02. The zero-order chi connectivity index (χ0) is 26.6. The first-order valence-corrected chi connectivity index (χ1v) is 13.2. The number of hydrogen-bond donors (Lipinski definition) is 2. The highest BCUT2D eigenvalue weighted by Crippen LogP contribution is 2.42. The number of benzene rings is 1. The van der Waals surface area contributed by atoms with Gasteiger partial charge in [0.15, 0.2) is 11.6 Å². The summed E-state index contributed by atoms with van der Waals surface area (Å²) >= 11 is 7.96. The number of hydrogen-bond acceptors (Lipinski definition) is 6. The van der Waals surface area contributed by atoms with Gasteiger partial charge >= 0.3 is 5.97 Å². The second-order valence-corrected chi connectivity index (χ2v) is 12.0. The first-order chi connectivity index (χ1) is 16.9. The summed E-state index contributed by atoms with van der Waals surface area (Å²) in [6.07, 6.45) is 2.07. The van der Waals surface area contributed by atoms with Crippen molar-refractivity contribution >= 4 is 63.5 Å². The van der Waals surface area contributed by atoms with E-state index in [0.29, 0.717) is 21.2 Å². The molecule has 0 atom stereocenters. The van der Waals surface area contributed by atoms with Crippen molar-refractivity contribution in [1.29, 1.82) is 0 Å². The van der Waals surface area contributed by atoms with Crippen LogP contribution >= 0.6 is 35.3 Å². The van der Waals surface area contributed by atoms with Gasteiger partial charge in [0.1, 0.15) is 4.32 Å². The normalized spacial score (nSPS) is 15.1. The van der Waals surface area contributed by atoms with Crippen LogP contribution in [0.1, 0.15) is 49.8 Å². The quantitative estimate of drug-likeness (QED) is 0.241. The van der Waals surface area contributed by atoms with Crippen LogP contribution in [0.15, 0.2) is 29.2 Å². The Morgan fingerprint density at radius 3 is 2.53 bits per heavy atom. The summed E-state index contributed by atoms with van der Waals surface area (Å²) in [4.78, 5) is 39.1. The number of carboxylic acid groups (broad SMARTS) is 1. The van der Waals surface area contributed by atoms with Gasteiger partial charge in [-0.25, -0.2) is 8.78 Å². The first-order valence-electron chi connectivity index (χ1n) is 11.2. The molecule has 192 valence electrons. The monoisotopic (exact) mass is 552 g/mol. The molecular formula is C25H26F2N2O4S3. The SMILES string of the molecule is CC(C)(C)c1sc(C=C2SC(=S)N(CCC(=O)NCCCC(=O)O)C2=O)cc1-c1ccc(F)c(F)c1.